The van der Waals surface area contributed by atoms with E-state index in [-0.39, 0.29) is 12.6 Å². The molecule has 0 fully saturated rings. The van der Waals surface area contributed by atoms with E-state index in [0.717, 1.165) is 12.6 Å². The molecule has 0 amide bonds. The molecule has 1 aromatic carbocycles. The van der Waals surface area contributed by atoms with E-state index >= 15 is 0 Å². The average Bonchev–Trinajstić information content (AvgIpc) is 2.33. The zero-order chi connectivity index (χ0) is 15.3. The van der Waals surface area contributed by atoms with Gasteiger partial charge >= 0.3 is 6.18 Å². The van der Waals surface area contributed by atoms with Crippen LogP contribution in [-0.2, 0) is 12.7 Å². The fourth-order valence-electron chi connectivity index (χ4n) is 2.10. The predicted molar refractivity (Wildman–Crippen MR) is 75.5 cm³/mol. The van der Waals surface area contributed by atoms with Gasteiger partial charge in [-0.05, 0) is 31.6 Å². The number of hydrogen-bond donors (Lipinski definition) is 1. The van der Waals surface area contributed by atoms with Crippen LogP contribution in [0.2, 0.25) is 0 Å². The zero-order valence-electron chi connectivity index (χ0n) is 12.5. The van der Waals surface area contributed by atoms with Crippen LogP contribution in [0.15, 0.2) is 24.3 Å². The molecule has 0 aliphatic rings. The number of nitrogens with zero attached hydrogens (tertiary/aromatic N) is 1. The van der Waals surface area contributed by atoms with Gasteiger partial charge in [-0.15, -0.1) is 0 Å². The standard InChI is InChI=1S/C15H23F3N2/c1-11(2)14(10-20(3)4)19-9-12-7-5-6-8-13(12)15(16,17)18/h5-8,11,14,19H,9-10H2,1-4H3. The Balaban J connectivity index is 2.78. The molecule has 1 aromatic rings. The Bertz CT molecular complexity index is 414. The van der Waals surface area contributed by atoms with Crippen molar-refractivity contribution in [2.75, 3.05) is 20.6 Å². The highest BCUT2D eigenvalue weighted by molar-refractivity contribution is 5.29. The number of halogens is 3. The minimum atomic E-state index is -4.30. The summed E-state index contributed by atoms with van der Waals surface area (Å²) >= 11 is 0. The third-order valence-electron chi connectivity index (χ3n) is 3.24. The van der Waals surface area contributed by atoms with E-state index < -0.39 is 11.7 Å². The van der Waals surface area contributed by atoms with Crippen molar-refractivity contribution in [1.29, 1.82) is 0 Å². The van der Waals surface area contributed by atoms with Crippen molar-refractivity contribution in [3.63, 3.8) is 0 Å². The van der Waals surface area contributed by atoms with Gasteiger partial charge in [0, 0.05) is 19.1 Å². The SMILES string of the molecule is CC(C)C(CN(C)C)NCc1ccccc1C(F)(F)F. The monoisotopic (exact) mass is 288 g/mol. The first-order valence-corrected chi connectivity index (χ1v) is 6.75. The summed E-state index contributed by atoms with van der Waals surface area (Å²) in [6.07, 6.45) is -4.30. The van der Waals surface area contributed by atoms with Crippen molar-refractivity contribution in [2.24, 2.45) is 5.92 Å². The van der Waals surface area contributed by atoms with E-state index in [1.807, 2.05) is 19.0 Å². The number of likely N-dealkylation sites (N-methyl/N-ethyl adjacent to an activating group) is 1. The maximum absolute atomic E-state index is 12.9. The van der Waals surface area contributed by atoms with Gasteiger partial charge in [-0.25, -0.2) is 0 Å². The molecule has 1 unspecified atom stereocenters. The summed E-state index contributed by atoms with van der Waals surface area (Å²) in [5.41, 5.74) is -0.260. The molecule has 1 atom stereocenters. The van der Waals surface area contributed by atoms with Gasteiger partial charge in [0.15, 0.2) is 0 Å². The Morgan fingerprint density at radius 1 is 1.15 bits per heavy atom. The van der Waals surface area contributed by atoms with Crippen LogP contribution in [0.1, 0.15) is 25.0 Å². The number of rotatable bonds is 6. The lowest BCUT2D eigenvalue weighted by atomic mass is 10.0. The molecule has 20 heavy (non-hydrogen) atoms. The van der Waals surface area contributed by atoms with Crippen LogP contribution in [0.5, 0.6) is 0 Å². The van der Waals surface area contributed by atoms with Crippen molar-refractivity contribution in [2.45, 2.75) is 32.6 Å². The fourth-order valence-corrected chi connectivity index (χ4v) is 2.10. The maximum Gasteiger partial charge on any atom is 0.416 e. The fraction of sp³-hybridized carbons (Fsp3) is 0.600. The maximum atomic E-state index is 12.9. The Hall–Kier alpha value is -1.07. The van der Waals surface area contributed by atoms with E-state index in [9.17, 15) is 13.2 Å². The molecule has 0 saturated carbocycles. The van der Waals surface area contributed by atoms with Gasteiger partial charge in [0.25, 0.3) is 0 Å². The smallest absolute Gasteiger partial charge is 0.308 e. The second-order valence-electron chi connectivity index (χ2n) is 5.65. The average molecular weight is 288 g/mol. The molecule has 0 aromatic heterocycles. The third kappa shape index (κ3) is 5.13. The van der Waals surface area contributed by atoms with Gasteiger partial charge in [-0.3, -0.25) is 0 Å². The van der Waals surface area contributed by atoms with Crippen molar-refractivity contribution in [1.82, 2.24) is 10.2 Å². The molecule has 0 aliphatic carbocycles. The molecular weight excluding hydrogens is 265 g/mol. The van der Waals surface area contributed by atoms with Crippen molar-refractivity contribution >= 4 is 0 Å². The molecule has 5 heteroatoms. The van der Waals surface area contributed by atoms with Gasteiger partial charge in [0.1, 0.15) is 0 Å². The Morgan fingerprint density at radius 3 is 2.25 bits per heavy atom. The Labute approximate surface area is 119 Å². The number of alkyl halides is 3. The van der Waals surface area contributed by atoms with Crippen molar-refractivity contribution in [3.05, 3.63) is 35.4 Å². The second-order valence-corrected chi connectivity index (χ2v) is 5.65. The van der Waals surface area contributed by atoms with Gasteiger partial charge in [0.2, 0.25) is 0 Å². The van der Waals surface area contributed by atoms with Crippen LogP contribution in [-0.4, -0.2) is 31.6 Å². The van der Waals surface area contributed by atoms with Gasteiger partial charge in [-0.1, -0.05) is 32.0 Å². The summed E-state index contributed by atoms with van der Waals surface area (Å²) in [6.45, 7) is 5.16. The van der Waals surface area contributed by atoms with Crippen molar-refractivity contribution in [3.8, 4) is 0 Å². The van der Waals surface area contributed by atoms with Crippen LogP contribution in [0.25, 0.3) is 0 Å². The van der Waals surface area contributed by atoms with Crippen LogP contribution < -0.4 is 5.32 Å². The summed E-state index contributed by atoms with van der Waals surface area (Å²) in [5.74, 6) is 0.357. The lowest BCUT2D eigenvalue weighted by Gasteiger charge is -2.26. The summed E-state index contributed by atoms with van der Waals surface area (Å²) in [6, 6.07) is 5.89. The summed E-state index contributed by atoms with van der Waals surface area (Å²) < 4.78 is 38.7. The molecular formula is C15H23F3N2. The lowest BCUT2D eigenvalue weighted by molar-refractivity contribution is -0.138. The van der Waals surface area contributed by atoms with Crippen LogP contribution in [0.4, 0.5) is 13.2 Å². The van der Waals surface area contributed by atoms with E-state index in [0.29, 0.717) is 11.5 Å². The van der Waals surface area contributed by atoms with Gasteiger partial charge < -0.3 is 10.2 Å². The molecule has 0 heterocycles. The second kappa shape index (κ2) is 7.09. The Kier molecular flexibility index (Phi) is 6.02. The molecule has 0 saturated heterocycles. The summed E-state index contributed by atoms with van der Waals surface area (Å²) in [7, 11) is 3.92. The summed E-state index contributed by atoms with van der Waals surface area (Å²) in [4.78, 5) is 2.04. The van der Waals surface area contributed by atoms with E-state index in [2.05, 4.69) is 19.2 Å². The van der Waals surface area contributed by atoms with Crippen LogP contribution in [0.3, 0.4) is 0 Å². The number of hydrogen-bond acceptors (Lipinski definition) is 2. The molecule has 2 nitrogen and oxygen atoms in total. The minimum absolute atomic E-state index is 0.159. The molecule has 0 aliphatic heterocycles. The third-order valence-corrected chi connectivity index (χ3v) is 3.24. The van der Waals surface area contributed by atoms with Crippen molar-refractivity contribution < 1.29 is 13.2 Å². The quantitative estimate of drug-likeness (QED) is 0.863. The molecule has 114 valence electrons. The van der Waals surface area contributed by atoms with E-state index in [1.54, 1.807) is 6.07 Å². The van der Waals surface area contributed by atoms with Crippen LogP contribution in [0, 0.1) is 5.92 Å². The minimum Gasteiger partial charge on any atom is -0.308 e. The van der Waals surface area contributed by atoms with Crippen LogP contribution >= 0.6 is 0 Å². The molecule has 0 radical (unpaired) electrons. The largest absolute Gasteiger partial charge is 0.416 e. The summed E-state index contributed by atoms with van der Waals surface area (Å²) in [5, 5.41) is 3.24. The first-order chi connectivity index (χ1) is 9.21. The first kappa shape index (κ1) is 17.0. The normalized spacial score (nSPS) is 14.1. The lowest BCUT2D eigenvalue weighted by Crippen LogP contribution is -2.41. The number of nitrogens with one attached hydrogen (secondary N) is 1. The highest BCUT2D eigenvalue weighted by Crippen LogP contribution is 2.31. The van der Waals surface area contributed by atoms with E-state index in [4.69, 9.17) is 0 Å². The number of benzene rings is 1. The molecule has 0 bridgehead atoms. The zero-order valence-corrected chi connectivity index (χ0v) is 12.5. The highest BCUT2D eigenvalue weighted by atomic mass is 19.4. The molecule has 0 spiro atoms. The Morgan fingerprint density at radius 2 is 1.75 bits per heavy atom. The van der Waals surface area contributed by atoms with Gasteiger partial charge in [0.05, 0.1) is 5.56 Å². The first-order valence-electron chi connectivity index (χ1n) is 6.75. The topological polar surface area (TPSA) is 15.3 Å². The highest BCUT2D eigenvalue weighted by Gasteiger charge is 2.32. The van der Waals surface area contributed by atoms with Gasteiger partial charge in [-0.2, -0.15) is 13.2 Å². The molecule has 1 N–H and O–H groups in total. The predicted octanol–water partition coefficient (Wildman–Crippen LogP) is 3.38. The molecule has 1 rings (SSSR count). The van der Waals surface area contributed by atoms with E-state index in [1.165, 1.54) is 12.1 Å².